The molecule has 0 aliphatic rings. The Labute approximate surface area is 116 Å². The van der Waals surface area contributed by atoms with Crippen molar-refractivity contribution in [3.8, 4) is 17.2 Å². The van der Waals surface area contributed by atoms with Crippen LogP contribution in [0.4, 0.5) is 0 Å². The van der Waals surface area contributed by atoms with Crippen molar-refractivity contribution < 1.29 is 19.7 Å². The molecule has 0 saturated carbocycles. The molecule has 2 rings (SSSR count). The van der Waals surface area contributed by atoms with Crippen LogP contribution in [0.1, 0.15) is 15.9 Å². The van der Waals surface area contributed by atoms with Crippen molar-refractivity contribution >= 4 is 11.9 Å². The van der Waals surface area contributed by atoms with Crippen molar-refractivity contribution in [2.45, 2.75) is 0 Å². The number of aromatic hydroxyl groups is 2. The molecule has 4 nitrogen and oxygen atoms in total. The molecule has 0 aromatic heterocycles. The highest BCUT2D eigenvalue weighted by Crippen LogP contribution is 2.24. The molecular weight excluding hydrogens is 256 g/mol. The summed E-state index contributed by atoms with van der Waals surface area (Å²) < 4.78 is 4.96. The van der Waals surface area contributed by atoms with Crippen molar-refractivity contribution in [2.24, 2.45) is 0 Å². The van der Waals surface area contributed by atoms with E-state index < -0.39 is 0 Å². The van der Waals surface area contributed by atoms with Crippen molar-refractivity contribution in [1.82, 2.24) is 0 Å². The number of hydrogen-bond donors (Lipinski definition) is 2. The molecule has 2 aromatic carbocycles. The third-order valence-corrected chi connectivity index (χ3v) is 2.79. The smallest absolute Gasteiger partial charge is 0.189 e. The Bertz CT molecular complexity index is 642. The van der Waals surface area contributed by atoms with Gasteiger partial charge in [-0.2, -0.15) is 0 Å². The summed E-state index contributed by atoms with van der Waals surface area (Å²) in [7, 11) is 1.49. The van der Waals surface area contributed by atoms with E-state index in [9.17, 15) is 9.90 Å². The van der Waals surface area contributed by atoms with E-state index >= 15 is 0 Å². The second-order valence-electron chi connectivity index (χ2n) is 4.17. The van der Waals surface area contributed by atoms with Crippen molar-refractivity contribution in [1.29, 1.82) is 0 Å². The van der Waals surface area contributed by atoms with Gasteiger partial charge in [-0.15, -0.1) is 0 Å². The highest BCUT2D eigenvalue weighted by molar-refractivity contribution is 6.08. The van der Waals surface area contributed by atoms with Crippen LogP contribution in [0.3, 0.4) is 0 Å². The lowest BCUT2D eigenvalue weighted by Gasteiger charge is -2.03. The average Bonchev–Trinajstić information content (AvgIpc) is 2.46. The normalized spacial score (nSPS) is 10.7. The van der Waals surface area contributed by atoms with Gasteiger partial charge < -0.3 is 14.9 Å². The molecule has 102 valence electrons. The van der Waals surface area contributed by atoms with Gasteiger partial charge in [-0.25, -0.2) is 0 Å². The lowest BCUT2D eigenvalue weighted by Crippen LogP contribution is -1.95. The molecule has 0 aliphatic carbocycles. The number of allylic oxidation sites excluding steroid dienone is 1. The summed E-state index contributed by atoms with van der Waals surface area (Å²) in [5.74, 6) is 0.228. The van der Waals surface area contributed by atoms with Crippen LogP contribution in [-0.2, 0) is 0 Å². The minimum atomic E-state index is -0.307. The van der Waals surface area contributed by atoms with E-state index in [2.05, 4.69) is 0 Å². The summed E-state index contributed by atoms with van der Waals surface area (Å²) in [6.45, 7) is 0. The molecule has 0 aliphatic heterocycles. The molecule has 4 heteroatoms. The van der Waals surface area contributed by atoms with Crippen LogP contribution in [0.5, 0.6) is 17.2 Å². The zero-order valence-electron chi connectivity index (χ0n) is 10.9. The lowest BCUT2D eigenvalue weighted by molar-refractivity contribution is 0.104. The molecule has 0 radical (unpaired) electrons. The Balaban J connectivity index is 2.17. The molecule has 0 spiro atoms. The first-order valence-corrected chi connectivity index (χ1v) is 5.98. The number of ketones is 1. The fourth-order valence-corrected chi connectivity index (χ4v) is 1.69. The standard InChI is InChI=1S/C16H14O4/c1-20-13-7-8-14(16(19)10-13)15(18)9-4-11-2-5-12(17)6-3-11/h2-10,17,19H,1H3. The van der Waals surface area contributed by atoms with Gasteiger partial charge in [0.25, 0.3) is 0 Å². The topological polar surface area (TPSA) is 66.8 Å². The third kappa shape index (κ3) is 3.17. The number of carbonyl (C=O) groups is 1. The Morgan fingerprint density at radius 2 is 1.80 bits per heavy atom. The van der Waals surface area contributed by atoms with Gasteiger partial charge in [0.2, 0.25) is 0 Å². The first-order valence-electron chi connectivity index (χ1n) is 5.98. The molecule has 0 bridgehead atoms. The second kappa shape index (κ2) is 5.93. The number of phenolic OH excluding ortho intramolecular Hbond substituents is 2. The first kappa shape index (κ1) is 13.7. The summed E-state index contributed by atoms with van der Waals surface area (Å²) in [6, 6.07) is 11.0. The van der Waals surface area contributed by atoms with Gasteiger partial charge in [0.1, 0.15) is 17.2 Å². The zero-order chi connectivity index (χ0) is 14.5. The minimum absolute atomic E-state index is 0.121. The van der Waals surface area contributed by atoms with E-state index in [4.69, 9.17) is 9.84 Å². The Morgan fingerprint density at radius 3 is 2.40 bits per heavy atom. The average molecular weight is 270 g/mol. The predicted molar refractivity (Wildman–Crippen MR) is 76.1 cm³/mol. The number of rotatable bonds is 4. The lowest BCUT2D eigenvalue weighted by atomic mass is 10.1. The summed E-state index contributed by atoms with van der Waals surface area (Å²) in [4.78, 5) is 12.0. The van der Waals surface area contributed by atoms with E-state index in [-0.39, 0.29) is 22.8 Å². The predicted octanol–water partition coefficient (Wildman–Crippen LogP) is 3.00. The third-order valence-electron chi connectivity index (χ3n) is 2.79. The molecule has 0 heterocycles. The van der Waals surface area contributed by atoms with E-state index in [0.29, 0.717) is 5.75 Å². The molecule has 0 amide bonds. The number of methoxy groups -OCH3 is 1. The maximum atomic E-state index is 12.0. The minimum Gasteiger partial charge on any atom is -0.508 e. The second-order valence-corrected chi connectivity index (χ2v) is 4.17. The van der Waals surface area contributed by atoms with Gasteiger partial charge in [0.15, 0.2) is 5.78 Å². The summed E-state index contributed by atoms with van der Waals surface area (Å²) in [5, 5.41) is 18.9. The molecule has 2 N–H and O–H groups in total. The van der Waals surface area contributed by atoms with Gasteiger partial charge in [0, 0.05) is 6.07 Å². The molecule has 0 fully saturated rings. The Hall–Kier alpha value is -2.75. The number of ether oxygens (including phenoxy) is 1. The van der Waals surface area contributed by atoms with Gasteiger partial charge in [0.05, 0.1) is 12.7 Å². The number of hydrogen-bond acceptors (Lipinski definition) is 4. The molecule has 0 atom stereocenters. The highest BCUT2D eigenvalue weighted by atomic mass is 16.5. The zero-order valence-corrected chi connectivity index (χ0v) is 10.9. The van der Waals surface area contributed by atoms with Gasteiger partial charge >= 0.3 is 0 Å². The highest BCUT2D eigenvalue weighted by Gasteiger charge is 2.09. The van der Waals surface area contributed by atoms with Crippen LogP contribution in [0.15, 0.2) is 48.5 Å². The van der Waals surface area contributed by atoms with Crippen LogP contribution < -0.4 is 4.74 Å². The quantitative estimate of drug-likeness (QED) is 0.662. The number of carbonyl (C=O) groups excluding carboxylic acids is 1. The fourth-order valence-electron chi connectivity index (χ4n) is 1.69. The van der Waals surface area contributed by atoms with E-state index in [1.165, 1.54) is 37.5 Å². The monoisotopic (exact) mass is 270 g/mol. The number of phenols is 2. The van der Waals surface area contributed by atoms with E-state index in [0.717, 1.165) is 5.56 Å². The fraction of sp³-hybridized carbons (Fsp3) is 0.0625. The van der Waals surface area contributed by atoms with Crippen LogP contribution in [0.25, 0.3) is 6.08 Å². The molecule has 20 heavy (non-hydrogen) atoms. The largest absolute Gasteiger partial charge is 0.508 e. The van der Waals surface area contributed by atoms with Crippen LogP contribution in [0.2, 0.25) is 0 Å². The maximum absolute atomic E-state index is 12.0. The van der Waals surface area contributed by atoms with Crippen LogP contribution in [0, 0.1) is 0 Å². The molecule has 2 aromatic rings. The first-order chi connectivity index (χ1) is 9.60. The summed E-state index contributed by atoms with van der Waals surface area (Å²) in [6.07, 6.45) is 2.99. The molecular formula is C16H14O4. The van der Waals surface area contributed by atoms with Crippen molar-refractivity contribution in [3.05, 3.63) is 59.7 Å². The van der Waals surface area contributed by atoms with E-state index in [1.807, 2.05) is 0 Å². The van der Waals surface area contributed by atoms with E-state index in [1.54, 1.807) is 24.3 Å². The maximum Gasteiger partial charge on any atom is 0.189 e. The number of benzene rings is 2. The Kier molecular flexibility index (Phi) is 4.05. The van der Waals surface area contributed by atoms with Gasteiger partial charge in [-0.3, -0.25) is 4.79 Å². The molecule has 0 saturated heterocycles. The van der Waals surface area contributed by atoms with Crippen LogP contribution in [-0.4, -0.2) is 23.1 Å². The Morgan fingerprint density at radius 1 is 1.10 bits per heavy atom. The van der Waals surface area contributed by atoms with Crippen molar-refractivity contribution in [3.63, 3.8) is 0 Å². The van der Waals surface area contributed by atoms with Gasteiger partial charge in [-0.1, -0.05) is 18.2 Å². The summed E-state index contributed by atoms with van der Waals surface area (Å²) >= 11 is 0. The van der Waals surface area contributed by atoms with Crippen LogP contribution >= 0.6 is 0 Å². The van der Waals surface area contributed by atoms with Gasteiger partial charge in [-0.05, 0) is 35.9 Å². The summed E-state index contributed by atoms with van der Waals surface area (Å²) in [5.41, 5.74) is 0.991. The van der Waals surface area contributed by atoms with Crippen molar-refractivity contribution in [2.75, 3.05) is 7.11 Å². The molecule has 0 unspecified atom stereocenters. The SMILES string of the molecule is COc1ccc(C(=O)C=Cc2ccc(O)cc2)c(O)c1.